The number of hydrogen-bond donors (Lipinski definition) is 1. The second kappa shape index (κ2) is 9.62. The summed E-state index contributed by atoms with van der Waals surface area (Å²) in [7, 11) is 0. The molecule has 0 unspecified atom stereocenters. The highest BCUT2D eigenvalue weighted by Crippen LogP contribution is 2.19. The van der Waals surface area contributed by atoms with Gasteiger partial charge in [0.15, 0.2) is 0 Å². The van der Waals surface area contributed by atoms with E-state index in [1.807, 2.05) is 27.7 Å². The standard InChI is InChI=1S/C14H26O4S/c1-6-8-15-9-7-13(2,3)17-12-14(4,5)16-10-11-18-19/h1,19H,7-12H2,2-5H3. The molecule has 0 aromatic heterocycles. The van der Waals surface area contributed by atoms with Gasteiger partial charge in [0.2, 0.25) is 0 Å². The number of rotatable bonds is 11. The molecule has 19 heavy (non-hydrogen) atoms. The van der Waals surface area contributed by atoms with Crippen LogP contribution in [0.4, 0.5) is 0 Å². The van der Waals surface area contributed by atoms with Gasteiger partial charge in [0, 0.05) is 0 Å². The molecule has 0 aromatic rings. The van der Waals surface area contributed by atoms with Crippen molar-refractivity contribution in [3.05, 3.63) is 0 Å². The monoisotopic (exact) mass is 290 g/mol. The third-order valence-corrected chi connectivity index (χ3v) is 2.69. The Morgan fingerprint density at radius 1 is 1.00 bits per heavy atom. The Bertz CT molecular complexity index is 271. The van der Waals surface area contributed by atoms with Crippen LogP contribution in [0.25, 0.3) is 0 Å². The van der Waals surface area contributed by atoms with Crippen molar-refractivity contribution >= 4 is 12.9 Å². The summed E-state index contributed by atoms with van der Waals surface area (Å²) in [4.78, 5) is 0. The Morgan fingerprint density at radius 2 is 1.68 bits per heavy atom. The summed E-state index contributed by atoms with van der Waals surface area (Å²) in [5, 5.41) is 0. The summed E-state index contributed by atoms with van der Waals surface area (Å²) >= 11 is 3.66. The molecule has 0 amide bonds. The van der Waals surface area contributed by atoms with Crippen LogP contribution in [-0.2, 0) is 18.4 Å². The minimum Gasteiger partial charge on any atom is -0.373 e. The van der Waals surface area contributed by atoms with E-state index in [2.05, 4.69) is 23.0 Å². The molecule has 0 aliphatic carbocycles. The Kier molecular flexibility index (Phi) is 9.50. The van der Waals surface area contributed by atoms with Crippen LogP contribution < -0.4 is 0 Å². The van der Waals surface area contributed by atoms with E-state index in [1.54, 1.807) is 0 Å². The molecule has 0 atom stereocenters. The quantitative estimate of drug-likeness (QED) is 0.274. The molecule has 0 bridgehead atoms. The Hall–Kier alpha value is -0.250. The highest BCUT2D eigenvalue weighted by atomic mass is 32.1. The van der Waals surface area contributed by atoms with Crippen molar-refractivity contribution in [2.24, 2.45) is 0 Å². The van der Waals surface area contributed by atoms with Gasteiger partial charge in [-0.25, -0.2) is 0 Å². The van der Waals surface area contributed by atoms with Gasteiger partial charge in [-0.3, -0.25) is 0 Å². The van der Waals surface area contributed by atoms with Crippen molar-refractivity contribution in [1.29, 1.82) is 0 Å². The first kappa shape index (κ1) is 18.8. The third kappa shape index (κ3) is 11.3. The Balaban J connectivity index is 3.90. The van der Waals surface area contributed by atoms with Crippen molar-refractivity contribution in [1.82, 2.24) is 0 Å². The fourth-order valence-electron chi connectivity index (χ4n) is 1.29. The third-order valence-electron chi connectivity index (χ3n) is 2.51. The van der Waals surface area contributed by atoms with Gasteiger partial charge in [-0.05, 0) is 47.0 Å². The zero-order valence-electron chi connectivity index (χ0n) is 12.4. The van der Waals surface area contributed by atoms with Crippen LogP contribution in [0.5, 0.6) is 0 Å². The maximum atomic E-state index is 5.89. The summed E-state index contributed by atoms with van der Waals surface area (Å²) in [6, 6.07) is 0. The largest absolute Gasteiger partial charge is 0.373 e. The van der Waals surface area contributed by atoms with Crippen molar-refractivity contribution in [2.45, 2.75) is 45.3 Å². The second-order valence-corrected chi connectivity index (χ2v) is 5.75. The molecule has 0 radical (unpaired) electrons. The molecule has 0 spiro atoms. The van der Waals surface area contributed by atoms with E-state index in [4.69, 9.17) is 20.6 Å². The molecular formula is C14H26O4S. The molecule has 5 heteroatoms. The average Bonchev–Trinajstić information content (AvgIpc) is 2.33. The predicted octanol–water partition coefficient (Wildman–Crippen LogP) is 2.48. The summed E-state index contributed by atoms with van der Waals surface area (Å²) in [5.74, 6) is 2.44. The summed E-state index contributed by atoms with van der Waals surface area (Å²) in [6.07, 6.45) is 5.90. The molecule has 0 aliphatic rings. The molecule has 0 heterocycles. The van der Waals surface area contributed by atoms with Crippen LogP contribution in [0.15, 0.2) is 0 Å². The van der Waals surface area contributed by atoms with Crippen LogP contribution in [0.3, 0.4) is 0 Å². The van der Waals surface area contributed by atoms with Gasteiger partial charge in [-0.1, -0.05) is 5.92 Å². The zero-order valence-corrected chi connectivity index (χ0v) is 13.3. The number of terminal acetylenes is 1. The first-order chi connectivity index (χ1) is 8.83. The van der Waals surface area contributed by atoms with Crippen LogP contribution in [-0.4, -0.2) is 44.2 Å². The Labute approximate surface area is 122 Å². The molecule has 0 N–H and O–H groups in total. The minimum absolute atomic E-state index is 0.269. The highest BCUT2D eigenvalue weighted by Gasteiger charge is 2.25. The first-order valence-electron chi connectivity index (χ1n) is 6.38. The van der Waals surface area contributed by atoms with Crippen LogP contribution in [0, 0.1) is 12.3 Å². The molecule has 0 rings (SSSR count). The lowest BCUT2D eigenvalue weighted by atomic mass is 10.0. The minimum atomic E-state index is -0.358. The van der Waals surface area contributed by atoms with E-state index >= 15 is 0 Å². The summed E-state index contributed by atoms with van der Waals surface area (Å²) in [6.45, 7) is 10.4. The number of hydrogen-bond acceptors (Lipinski definition) is 5. The van der Waals surface area contributed by atoms with Gasteiger partial charge < -0.3 is 18.4 Å². The van der Waals surface area contributed by atoms with Crippen molar-refractivity contribution in [2.75, 3.05) is 33.0 Å². The van der Waals surface area contributed by atoms with Gasteiger partial charge in [0.05, 0.1) is 37.6 Å². The fourth-order valence-corrected chi connectivity index (χ4v) is 1.36. The predicted molar refractivity (Wildman–Crippen MR) is 79.3 cm³/mol. The molecule has 4 nitrogen and oxygen atoms in total. The fraction of sp³-hybridized carbons (Fsp3) is 0.857. The number of ether oxygens (including phenoxy) is 3. The molecule has 0 aromatic carbocycles. The van der Waals surface area contributed by atoms with Gasteiger partial charge in [-0.15, -0.1) is 6.42 Å². The normalized spacial score (nSPS) is 12.4. The molecule has 112 valence electrons. The lowest BCUT2D eigenvalue weighted by Crippen LogP contribution is -2.37. The van der Waals surface area contributed by atoms with E-state index in [0.717, 1.165) is 6.42 Å². The number of thiol groups is 1. The van der Waals surface area contributed by atoms with Gasteiger partial charge in [-0.2, -0.15) is 0 Å². The van der Waals surface area contributed by atoms with Crippen molar-refractivity contribution < 1.29 is 18.4 Å². The average molecular weight is 290 g/mol. The SMILES string of the molecule is C#CCOCCC(C)(C)OCC(C)(C)OCCOS. The van der Waals surface area contributed by atoms with Gasteiger partial charge >= 0.3 is 0 Å². The topological polar surface area (TPSA) is 36.9 Å². The Morgan fingerprint density at radius 3 is 2.26 bits per heavy atom. The van der Waals surface area contributed by atoms with Crippen molar-refractivity contribution in [3.8, 4) is 12.3 Å². The van der Waals surface area contributed by atoms with E-state index in [9.17, 15) is 0 Å². The maximum absolute atomic E-state index is 5.89. The zero-order chi connectivity index (χ0) is 14.8. The second-order valence-electron chi connectivity index (χ2n) is 5.50. The van der Waals surface area contributed by atoms with E-state index in [-0.39, 0.29) is 11.2 Å². The molecular weight excluding hydrogens is 264 g/mol. The first-order valence-corrected chi connectivity index (χ1v) is 6.75. The van der Waals surface area contributed by atoms with E-state index < -0.39 is 0 Å². The van der Waals surface area contributed by atoms with Gasteiger partial charge in [0.1, 0.15) is 6.61 Å². The van der Waals surface area contributed by atoms with Crippen LogP contribution in [0.2, 0.25) is 0 Å². The van der Waals surface area contributed by atoms with Crippen LogP contribution >= 0.6 is 12.9 Å². The smallest absolute Gasteiger partial charge is 0.107 e. The lowest BCUT2D eigenvalue weighted by Gasteiger charge is -2.32. The molecule has 0 aliphatic heterocycles. The molecule has 0 saturated carbocycles. The molecule has 0 saturated heterocycles. The van der Waals surface area contributed by atoms with Crippen molar-refractivity contribution in [3.63, 3.8) is 0 Å². The van der Waals surface area contributed by atoms with Crippen LogP contribution in [0.1, 0.15) is 34.1 Å². The van der Waals surface area contributed by atoms with Gasteiger partial charge in [0.25, 0.3) is 0 Å². The van der Waals surface area contributed by atoms with E-state index in [1.165, 1.54) is 0 Å². The van der Waals surface area contributed by atoms with E-state index in [0.29, 0.717) is 33.0 Å². The summed E-state index contributed by atoms with van der Waals surface area (Å²) in [5.41, 5.74) is -0.626. The lowest BCUT2D eigenvalue weighted by molar-refractivity contribution is -0.128. The highest BCUT2D eigenvalue weighted by molar-refractivity contribution is 7.75. The summed E-state index contributed by atoms with van der Waals surface area (Å²) < 4.78 is 21.5. The molecule has 0 fully saturated rings. The maximum Gasteiger partial charge on any atom is 0.107 e.